The number of fused-ring (bicyclic) bond motifs is 6. The molecule has 26 heavy (non-hydrogen) atoms. The summed E-state index contributed by atoms with van der Waals surface area (Å²) in [6.45, 7) is 6.75. The lowest BCUT2D eigenvalue weighted by Gasteiger charge is -2.35. The van der Waals surface area contributed by atoms with E-state index in [-0.39, 0.29) is 11.0 Å². The molecule has 0 amide bonds. The van der Waals surface area contributed by atoms with Gasteiger partial charge >= 0.3 is 0 Å². The molecule has 1 aliphatic heterocycles. The van der Waals surface area contributed by atoms with Crippen LogP contribution in [-0.4, -0.2) is 0 Å². The number of allylic oxidation sites excluding steroid dienone is 6. The summed E-state index contributed by atoms with van der Waals surface area (Å²) in [7, 11) is 0. The van der Waals surface area contributed by atoms with Crippen molar-refractivity contribution in [1.82, 2.24) is 0 Å². The van der Waals surface area contributed by atoms with Crippen LogP contribution in [0, 0.1) is 18.3 Å². The van der Waals surface area contributed by atoms with Crippen molar-refractivity contribution in [2.45, 2.75) is 39.2 Å². The normalized spacial score (nSPS) is 31.6. The number of rotatable bonds is 2. The standard InChI is InChI=1S/C25H26N/c1-4-14-25-17-24(25,3)26-15-6-5-7-23(26)21-16-20(12-13-22(21)25)19-10-8-18(2)9-11-19/h4-12,14-16,22H,13,17H2,1-3H3/q+1. The van der Waals surface area contributed by atoms with Gasteiger partial charge in [-0.1, -0.05) is 48.1 Å². The summed E-state index contributed by atoms with van der Waals surface area (Å²) in [5, 5.41) is 0. The van der Waals surface area contributed by atoms with Crippen molar-refractivity contribution in [2.24, 2.45) is 11.3 Å². The van der Waals surface area contributed by atoms with Gasteiger partial charge in [0.2, 0.25) is 5.69 Å². The van der Waals surface area contributed by atoms with Gasteiger partial charge in [0.05, 0.1) is 5.41 Å². The highest BCUT2D eigenvalue weighted by atomic mass is 15.2. The molecule has 5 rings (SSSR count). The van der Waals surface area contributed by atoms with Crippen LogP contribution in [0.2, 0.25) is 0 Å². The summed E-state index contributed by atoms with van der Waals surface area (Å²) in [6.07, 6.45) is 14.3. The van der Waals surface area contributed by atoms with Crippen LogP contribution in [0.5, 0.6) is 0 Å². The van der Waals surface area contributed by atoms with Crippen LogP contribution in [-0.2, 0) is 5.54 Å². The lowest BCUT2D eigenvalue weighted by molar-refractivity contribution is -0.747. The first-order valence-electron chi connectivity index (χ1n) is 9.73. The highest BCUT2D eigenvalue weighted by Crippen LogP contribution is 2.70. The molecule has 1 saturated carbocycles. The summed E-state index contributed by atoms with van der Waals surface area (Å²) in [5.74, 6) is 0.584. The lowest BCUT2D eigenvalue weighted by Crippen LogP contribution is -2.55. The molecule has 1 aromatic carbocycles. The molecule has 1 heteroatoms. The Bertz CT molecular complexity index is 975. The van der Waals surface area contributed by atoms with Crippen molar-refractivity contribution in [3.63, 3.8) is 0 Å². The first kappa shape index (κ1) is 15.8. The van der Waals surface area contributed by atoms with E-state index in [1.54, 1.807) is 0 Å². The number of nitrogens with zero attached hydrogens (tertiary/aromatic N) is 1. The quantitative estimate of drug-likeness (QED) is 0.504. The Balaban J connectivity index is 1.67. The van der Waals surface area contributed by atoms with Crippen molar-refractivity contribution in [3.05, 3.63) is 89.8 Å². The van der Waals surface area contributed by atoms with E-state index in [0.717, 1.165) is 6.42 Å². The molecule has 2 heterocycles. The third-order valence-corrected chi connectivity index (χ3v) is 6.93. The van der Waals surface area contributed by atoms with E-state index in [2.05, 4.69) is 98.3 Å². The van der Waals surface area contributed by atoms with E-state index in [1.165, 1.54) is 34.4 Å². The number of benzene rings is 1. The van der Waals surface area contributed by atoms with E-state index in [0.29, 0.717) is 5.92 Å². The van der Waals surface area contributed by atoms with Crippen LogP contribution in [0.15, 0.2) is 73.0 Å². The van der Waals surface area contributed by atoms with Gasteiger partial charge < -0.3 is 0 Å². The highest BCUT2D eigenvalue weighted by molar-refractivity contribution is 5.86. The molecule has 2 aromatic rings. The average molecular weight is 340 g/mol. The van der Waals surface area contributed by atoms with Crippen molar-refractivity contribution < 1.29 is 4.57 Å². The van der Waals surface area contributed by atoms with Gasteiger partial charge in [0, 0.05) is 37.0 Å². The Labute approximate surface area is 156 Å². The molecule has 3 atom stereocenters. The van der Waals surface area contributed by atoms with Crippen LogP contribution in [0.4, 0.5) is 0 Å². The Morgan fingerprint density at radius 3 is 2.69 bits per heavy atom. The summed E-state index contributed by atoms with van der Waals surface area (Å²) in [6, 6.07) is 15.6. The second-order valence-corrected chi connectivity index (χ2v) is 8.36. The second kappa shape index (κ2) is 5.30. The van der Waals surface area contributed by atoms with Crippen molar-refractivity contribution >= 4 is 11.1 Å². The van der Waals surface area contributed by atoms with Crippen LogP contribution < -0.4 is 4.57 Å². The summed E-state index contributed by atoms with van der Waals surface area (Å²) in [5.41, 5.74) is 7.40. The molecule has 1 aromatic heterocycles. The zero-order chi connectivity index (χ0) is 17.9. The lowest BCUT2D eigenvalue weighted by atomic mass is 9.70. The molecule has 0 radical (unpaired) electrons. The number of hydrogen-bond donors (Lipinski definition) is 0. The van der Waals surface area contributed by atoms with Gasteiger partial charge in [-0.15, -0.1) is 0 Å². The SMILES string of the molecule is CC=CC12CC1(C)[n+]1ccccc1C1=CC(c3ccc(C)cc3)=CCC12. The number of hydrogen-bond acceptors (Lipinski definition) is 0. The van der Waals surface area contributed by atoms with Crippen molar-refractivity contribution in [2.75, 3.05) is 0 Å². The molecular formula is C25H26N+. The van der Waals surface area contributed by atoms with Crippen molar-refractivity contribution in [3.8, 4) is 0 Å². The minimum absolute atomic E-state index is 0.216. The summed E-state index contributed by atoms with van der Waals surface area (Å²) >= 11 is 0. The van der Waals surface area contributed by atoms with Crippen LogP contribution >= 0.6 is 0 Å². The molecule has 3 aliphatic rings. The molecule has 0 N–H and O–H groups in total. The monoisotopic (exact) mass is 340 g/mol. The van der Waals surface area contributed by atoms with Crippen molar-refractivity contribution in [1.29, 1.82) is 0 Å². The van der Waals surface area contributed by atoms with Gasteiger partial charge in [0.25, 0.3) is 0 Å². The maximum atomic E-state index is 2.54. The maximum absolute atomic E-state index is 2.54. The molecule has 3 unspecified atom stereocenters. The summed E-state index contributed by atoms with van der Waals surface area (Å²) < 4.78 is 2.54. The minimum atomic E-state index is 0.216. The topological polar surface area (TPSA) is 3.88 Å². The second-order valence-electron chi connectivity index (χ2n) is 8.36. The van der Waals surface area contributed by atoms with Crippen LogP contribution in [0.25, 0.3) is 11.1 Å². The molecule has 1 fully saturated rings. The number of aromatic nitrogens is 1. The molecule has 130 valence electrons. The molecular weight excluding hydrogens is 314 g/mol. The Hall–Kier alpha value is -2.41. The molecule has 0 saturated heterocycles. The fraction of sp³-hybridized carbons (Fsp3) is 0.320. The smallest absolute Gasteiger partial charge is 0.193 e. The average Bonchev–Trinajstić information content (AvgIpc) is 3.29. The third kappa shape index (κ3) is 1.95. The fourth-order valence-electron chi connectivity index (χ4n) is 5.48. The van der Waals surface area contributed by atoms with E-state index >= 15 is 0 Å². The number of pyridine rings is 1. The fourth-order valence-corrected chi connectivity index (χ4v) is 5.48. The van der Waals surface area contributed by atoms with Gasteiger partial charge in [0.1, 0.15) is 0 Å². The van der Waals surface area contributed by atoms with Gasteiger partial charge in [-0.3, -0.25) is 0 Å². The first-order valence-corrected chi connectivity index (χ1v) is 9.73. The molecule has 2 aliphatic carbocycles. The predicted octanol–water partition coefficient (Wildman–Crippen LogP) is 5.46. The Kier molecular flexibility index (Phi) is 3.22. The Morgan fingerprint density at radius 2 is 1.92 bits per heavy atom. The minimum Gasteiger partial charge on any atom is -0.193 e. The third-order valence-electron chi connectivity index (χ3n) is 6.93. The zero-order valence-electron chi connectivity index (χ0n) is 15.9. The predicted molar refractivity (Wildman–Crippen MR) is 107 cm³/mol. The van der Waals surface area contributed by atoms with E-state index < -0.39 is 0 Å². The van der Waals surface area contributed by atoms with E-state index in [9.17, 15) is 0 Å². The van der Waals surface area contributed by atoms with Gasteiger partial charge in [-0.2, -0.15) is 4.57 Å². The zero-order valence-corrected chi connectivity index (χ0v) is 15.9. The molecule has 1 nitrogen and oxygen atoms in total. The van der Waals surface area contributed by atoms with E-state index in [1.807, 2.05) is 0 Å². The highest BCUT2D eigenvalue weighted by Gasteiger charge is 2.77. The maximum Gasteiger partial charge on any atom is 0.209 e. The largest absolute Gasteiger partial charge is 0.209 e. The molecule has 0 bridgehead atoms. The first-order chi connectivity index (χ1) is 12.6. The number of aryl methyl sites for hydroxylation is 1. The summed E-state index contributed by atoms with van der Waals surface area (Å²) in [4.78, 5) is 0. The van der Waals surface area contributed by atoms with Gasteiger partial charge in [-0.05, 0) is 43.5 Å². The Morgan fingerprint density at radius 1 is 1.12 bits per heavy atom. The van der Waals surface area contributed by atoms with Crippen LogP contribution in [0.1, 0.15) is 43.5 Å². The van der Waals surface area contributed by atoms with Crippen LogP contribution in [0.3, 0.4) is 0 Å². The molecule has 0 spiro atoms. The van der Waals surface area contributed by atoms with Gasteiger partial charge in [0.15, 0.2) is 11.7 Å². The van der Waals surface area contributed by atoms with Gasteiger partial charge in [-0.25, -0.2) is 0 Å². The van der Waals surface area contributed by atoms with E-state index in [4.69, 9.17) is 0 Å².